The molecule has 1 aliphatic rings. The Morgan fingerprint density at radius 1 is 1.35 bits per heavy atom. The molecule has 1 amide bonds. The maximum absolute atomic E-state index is 14.4. The molecule has 34 heavy (non-hydrogen) atoms. The van der Waals surface area contributed by atoms with Crippen LogP contribution < -0.4 is 15.8 Å². The molecule has 1 aromatic carbocycles. The number of ether oxygens (including phenoxy) is 2. The fourth-order valence-electron chi connectivity index (χ4n) is 4.08. The second-order valence-corrected chi connectivity index (χ2v) is 8.19. The Hall–Kier alpha value is -2.83. The molecule has 7 nitrogen and oxygen atoms in total. The molecule has 1 fully saturated rings. The first-order valence-corrected chi connectivity index (χ1v) is 10.2. The van der Waals surface area contributed by atoms with Gasteiger partial charge in [-0.15, -0.1) is 0 Å². The second-order valence-electron chi connectivity index (χ2n) is 8.19. The summed E-state index contributed by atoms with van der Waals surface area (Å²) in [4.78, 5) is 17.1. The van der Waals surface area contributed by atoms with Crippen LogP contribution in [0.1, 0.15) is 37.1 Å². The molecule has 0 aliphatic carbocycles. The molecular formula is C22H24F5N3O4. The van der Waals surface area contributed by atoms with E-state index in [1.807, 2.05) is 0 Å². The zero-order valence-corrected chi connectivity index (χ0v) is 18.5. The van der Waals surface area contributed by atoms with E-state index in [-0.39, 0.29) is 16.9 Å². The average molecular weight is 489 g/mol. The lowest BCUT2D eigenvalue weighted by atomic mass is 9.77. The Morgan fingerprint density at radius 2 is 2.03 bits per heavy atom. The number of nitrogens with two attached hydrogens (primary N) is 1. The Morgan fingerprint density at radius 3 is 2.62 bits per heavy atom. The number of anilines is 1. The number of aliphatic hydroxyl groups is 1. The van der Waals surface area contributed by atoms with Crippen molar-refractivity contribution < 1.29 is 41.3 Å². The van der Waals surface area contributed by atoms with Crippen LogP contribution in [0.25, 0.3) is 0 Å². The maximum atomic E-state index is 14.4. The van der Waals surface area contributed by atoms with Crippen LogP contribution >= 0.6 is 0 Å². The van der Waals surface area contributed by atoms with Crippen LogP contribution in [0.4, 0.5) is 27.6 Å². The molecule has 4 N–H and O–H groups in total. The molecule has 0 saturated carbocycles. The van der Waals surface area contributed by atoms with Crippen molar-refractivity contribution in [2.45, 2.75) is 43.7 Å². The summed E-state index contributed by atoms with van der Waals surface area (Å²) in [7, 11) is 1.04. The summed E-state index contributed by atoms with van der Waals surface area (Å²) in [5.41, 5.74) is 3.20. The normalized spacial score (nSPS) is 25.8. The van der Waals surface area contributed by atoms with E-state index in [1.165, 1.54) is 25.3 Å². The van der Waals surface area contributed by atoms with E-state index >= 15 is 0 Å². The van der Waals surface area contributed by atoms with Gasteiger partial charge < -0.3 is 25.6 Å². The fourth-order valence-corrected chi connectivity index (χ4v) is 4.08. The van der Waals surface area contributed by atoms with Crippen LogP contribution in [0.15, 0.2) is 30.5 Å². The van der Waals surface area contributed by atoms with Gasteiger partial charge in [0, 0.05) is 29.3 Å². The molecule has 0 spiro atoms. The molecule has 5 atom stereocenters. The van der Waals surface area contributed by atoms with E-state index in [0.717, 1.165) is 26.2 Å². The van der Waals surface area contributed by atoms with Gasteiger partial charge in [-0.05, 0) is 25.1 Å². The van der Waals surface area contributed by atoms with Gasteiger partial charge >= 0.3 is 6.18 Å². The van der Waals surface area contributed by atoms with E-state index in [9.17, 15) is 31.9 Å². The van der Waals surface area contributed by atoms with Gasteiger partial charge in [-0.1, -0.05) is 13.0 Å². The molecule has 0 radical (unpaired) electrons. The van der Waals surface area contributed by atoms with Crippen molar-refractivity contribution in [3.8, 4) is 5.75 Å². The van der Waals surface area contributed by atoms with Crippen molar-refractivity contribution in [1.82, 2.24) is 4.98 Å². The number of carbonyl (C=O) groups excluding carboxylic acids is 1. The number of nitrogens with one attached hydrogen (secondary N) is 1. The molecule has 2 aromatic rings. The molecule has 3 rings (SSSR count). The van der Waals surface area contributed by atoms with Crippen molar-refractivity contribution in [2.24, 2.45) is 11.7 Å². The molecule has 1 aromatic heterocycles. The van der Waals surface area contributed by atoms with Crippen molar-refractivity contribution >= 4 is 11.6 Å². The minimum Gasteiger partial charge on any atom is -0.493 e. The van der Waals surface area contributed by atoms with Crippen LogP contribution in [0.2, 0.25) is 0 Å². The van der Waals surface area contributed by atoms with Crippen LogP contribution in [0.5, 0.6) is 5.75 Å². The smallest absolute Gasteiger partial charge is 0.417 e. The zero-order valence-electron chi connectivity index (χ0n) is 18.5. The number of carbonyl (C=O) groups is 1. The topological polar surface area (TPSA) is 107 Å². The summed E-state index contributed by atoms with van der Waals surface area (Å²) >= 11 is 0. The molecule has 2 heterocycles. The van der Waals surface area contributed by atoms with Gasteiger partial charge in [0.25, 0.3) is 5.91 Å². The molecular weight excluding hydrogens is 465 g/mol. The second kappa shape index (κ2) is 9.43. The van der Waals surface area contributed by atoms with Crippen LogP contribution in [-0.2, 0) is 9.53 Å². The van der Waals surface area contributed by atoms with Gasteiger partial charge in [0.15, 0.2) is 17.2 Å². The number of hydrogen-bond donors (Lipinski definition) is 3. The number of nitrogens with zero attached hydrogens (tertiary/aromatic N) is 1. The summed E-state index contributed by atoms with van der Waals surface area (Å²) < 4.78 is 80.4. The Bertz CT molecular complexity index is 1070. The van der Waals surface area contributed by atoms with Gasteiger partial charge in [0.05, 0.1) is 25.5 Å². The monoisotopic (exact) mass is 489 g/mol. The summed E-state index contributed by atoms with van der Waals surface area (Å²) in [6, 6.07) is 3.72. The van der Waals surface area contributed by atoms with Crippen LogP contribution in [-0.4, -0.2) is 47.6 Å². The lowest BCUT2D eigenvalue weighted by molar-refractivity contribution is -0.272. The molecule has 5 unspecified atom stereocenters. The number of rotatable bonds is 6. The van der Waals surface area contributed by atoms with Crippen molar-refractivity contribution in [1.29, 1.82) is 0 Å². The minimum atomic E-state index is -4.87. The predicted octanol–water partition coefficient (Wildman–Crippen LogP) is 3.44. The van der Waals surface area contributed by atoms with E-state index in [4.69, 9.17) is 15.2 Å². The number of hydrogen-bond acceptors (Lipinski definition) is 6. The number of aliphatic hydroxyl groups excluding tert-OH is 1. The van der Waals surface area contributed by atoms with Crippen molar-refractivity contribution in [3.05, 3.63) is 53.4 Å². The van der Waals surface area contributed by atoms with Gasteiger partial charge in [-0.3, -0.25) is 9.78 Å². The Kier molecular flexibility index (Phi) is 7.15. The van der Waals surface area contributed by atoms with Gasteiger partial charge in [-0.25, -0.2) is 4.39 Å². The summed E-state index contributed by atoms with van der Waals surface area (Å²) in [6.07, 6.45) is -5.30. The van der Waals surface area contributed by atoms with E-state index < -0.39 is 65.7 Å². The van der Waals surface area contributed by atoms with Gasteiger partial charge in [0.1, 0.15) is 6.10 Å². The van der Waals surface area contributed by atoms with Crippen molar-refractivity contribution in [3.63, 3.8) is 0 Å². The molecule has 1 saturated heterocycles. The SMILES string of the molecule is COc1c(C2C(C(=O)Nc3ccnc(C(N)CO)c3)OC(C)(C(F)(F)F)C2C)ccc(F)c1F. The lowest BCUT2D eigenvalue weighted by Crippen LogP contribution is -2.47. The molecule has 0 bridgehead atoms. The average Bonchev–Trinajstić information content (AvgIpc) is 3.07. The maximum Gasteiger partial charge on any atom is 0.417 e. The first kappa shape index (κ1) is 25.8. The van der Waals surface area contributed by atoms with Crippen molar-refractivity contribution in [2.75, 3.05) is 19.0 Å². The number of amides is 1. The first-order chi connectivity index (χ1) is 15.9. The largest absolute Gasteiger partial charge is 0.493 e. The van der Waals surface area contributed by atoms with Crippen LogP contribution in [0.3, 0.4) is 0 Å². The number of alkyl halides is 3. The highest BCUT2D eigenvalue weighted by atomic mass is 19.4. The first-order valence-electron chi connectivity index (χ1n) is 10.2. The van der Waals surface area contributed by atoms with Crippen LogP contribution in [0, 0.1) is 17.6 Å². The molecule has 186 valence electrons. The van der Waals surface area contributed by atoms with Gasteiger partial charge in [0.2, 0.25) is 5.82 Å². The summed E-state index contributed by atoms with van der Waals surface area (Å²) in [5.74, 6) is -6.91. The van der Waals surface area contributed by atoms with E-state index in [2.05, 4.69) is 10.3 Å². The highest BCUT2D eigenvalue weighted by Gasteiger charge is 2.65. The number of methoxy groups -OCH3 is 1. The third kappa shape index (κ3) is 4.44. The summed E-state index contributed by atoms with van der Waals surface area (Å²) in [6.45, 7) is 1.60. The third-order valence-electron chi connectivity index (χ3n) is 6.20. The fraction of sp³-hybridized carbons (Fsp3) is 0.455. The molecule has 12 heteroatoms. The van der Waals surface area contributed by atoms with E-state index in [0.29, 0.717) is 0 Å². The number of halogens is 5. The number of benzene rings is 1. The number of aromatic nitrogens is 1. The Balaban J connectivity index is 2.05. The lowest BCUT2D eigenvalue weighted by Gasteiger charge is -2.32. The quantitative estimate of drug-likeness (QED) is 0.537. The number of pyridine rings is 1. The zero-order chi connectivity index (χ0) is 25.4. The minimum absolute atomic E-state index is 0.139. The summed E-state index contributed by atoms with van der Waals surface area (Å²) in [5, 5.41) is 11.7. The Labute approximate surface area is 192 Å². The molecule has 1 aliphatic heterocycles. The highest BCUT2D eigenvalue weighted by Crippen LogP contribution is 2.55. The van der Waals surface area contributed by atoms with Gasteiger partial charge in [-0.2, -0.15) is 17.6 Å². The highest BCUT2D eigenvalue weighted by molar-refractivity contribution is 5.95. The standard InChI is InChI=1S/C22H24F5N3O4/c1-10-16(12-4-5-13(23)17(24)18(12)33-3)19(34-21(10,2)22(25,26)27)20(32)30-11-6-7-29-15(8-11)14(28)9-31/h4-8,10,14,16,19,31H,9,28H2,1-3H3,(H,29,30,32). The predicted molar refractivity (Wildman–Crippen MR) is 111 cm³/mol. The third-order valence-corrected chi connectivity index (χ3v) is 6.20. The van der Waals surface area contributed by atoms with E-state index in [1.54, 1.807) is 0 Å².